The fourth-order valence-electron chi connectivity index (χ4n) is 2.34. The Morgan fingerprint density at radius 1 is 1.40 bits per heavy atom. The molecule has 0 spiro atoms. The third kappa shape index (κ3) is 4.28. The monoisotopic (exact) mass is 356 g/mol. The first kappa shape index (κ1) is 18.7. The van der Waals surface area contributed by atoms with E-state index in [0.717, 1.165) is 24.6 Å². The van der Waals surface area contributed by atoms with Crippen LogP contribution in [0.15, 0.2) is 45.5 Å². The molecular formula is C18H20N4O2S. The predicted molar refractivity (Wildman–Crippen MR) is 99.1 cm³/mol. The van der Waals surface area contributed by atoms with Crippen molar-refractivity contribution in [2.45, 2.75) is 38.4 Å². The molecule has 2 aromatic rings. The van der Waals surface area contributed by atoms with Crippen LogP contribution in [0.3, 0.4) is 0 Å². The number of para-hydroxylation sites is 1. The highest BCUT2D eigenvalue weighted by Crippen LogP contribution is 2.19. The van der Waals surface area contributed by atoms with Gasteiger partial charge in [-0.1, -0.05) is 37.2 Å². The second-order valence-corrected chi connectivity index (χ2v) is 6.55. The van der Waals surface area contributed by atoms with Crippen LogP contribution < -0.4 is 11.3 Å². The van der Waals surface area contributed by atoms with Crippen LogP contribution >= 0.6 is 11.8 Å². The molecule has 0 amide bonds. The Morgan fingerprint density at radius 2 is 2.12 bits per heavy atom. The molecule has 2 rings (SSSR count). The number of nitrogens with zero attached hydrogens (tertiary/aromatic N) is 3. The van der Waals surface area contributed by atoms with Crippen molar-refractivity contribution in [1.82, 2.24) is 9.55 Å². The van der Waals surface area contributed by atoms with Crippen molar-refractivity contribution >= 4 is 28.4 Å². The fraction of sp³-hybridized carbons (Fsp3) is 0.333. The Kier molecular flexibility index (Phi) is 6.37. The quantitative estimate of drug-likeness (QED) is 0.354. The lowest BCUT2D eigenvalue weighted by Crippen LogP contribution is -2.24. The molecule has 1 heterocycles. The largest absolute Gasteiger partial charge is 0.401 e. The van der Waals surface area contributed by atoms with Crippen molar-refractivity contribution < 1.29 is 4.79 Å². The maximum atomic E-state index is 12.7. The zero-order valence-electron chi connectivity index (χ0n) is 14.3. The SMILES string of the molecule is CCCCn1c(SCC(=O)C(C#N)=C(C)N)nc2ccccc2c1=O. The average Bonchev–Trinajstić information content (AvgIpc) is 2.59. The summed E-state index contributed by atoms with van der Waals surface area (Å²) in [4.78, 5) is 29.4. The van der Waals surface area contributed by atoms with Crippen LogP contribution in [0.25, 0.3) is 10.9 Å². The van der Waals surface area contributed by atoms with Gasteiger partial charge < -0.3 is 5.73 Å². The molecule has 0 radical (unpaired) electrons. The number of hydrogen-bond acceptors (Lipinski definition) is 6. The highest BCUT2D eigenvalue weighted by atomic mass is 32.2. The number of Topliss-reactive ketones (excluding diaryl/α,β-unsaturated/α-hetero) is 1. The van der Waals surface area contributed by atoms with Crippen LogP contribution in [0.2, 0.25) is 0 Å². The molecule has 0 bridgehead atoms. The topological polar surface area (TPSA) is 102 Å². The molecule has 0 aliphatic heterocycles. The van der Waals surface area contributed by atoms with Gasteiger partial charge in [0.1, 0.15) is 11.6 Å². The Morgan fingerprint density at radius 3 is 2.76 bits per heavy atom. The van der Waals surface area contributed by atoms with Crippen molar-refractivity contribution in [3.8, 4) is 6.07 Å². The summed E-state index contributed by atoms with van der Waals surface area (Å²) in [5, 5.41) is 10.1. The number of fused-ring (bicyclic) bond motifs is 1. The number of allylic oxidation sites excluding steroid dienone is 2. The highest BCUT2D eigenvalue weighted by Gasteiger charge is 2.16. The molecule has 0 aliphatic carbocycles. The van der Waals surface area contributed by atoms with E-state index in [-0.39, 0.29) is 28.4 Å². The number of unbranched alkanes of at least 4 members (excludes halogenated alkanes) is 1. The molecule has 0 saturated carbocycles. The number of thioether (sulfide) groups is 1. The average molecular weight is 356 g/mol. The Labute approximate surface area is 150 Å². The van der Waals surface area contributed by atoms with E-state index in [0.29, 0.717) is 22.6 Å². The van der Waals surface area contributed by atoms with Crippen LogP contribution in [0.5, 0.6) is 0 Å². The molecule has 7 heteroatoms. The lowest BCUT2D eigenvalue weighted by molar-refractivity contribution is -0.112. The Hall–Kier alpha value is -2.59. The molecule has 1 aromatic heterocycles. The van der Waals surface area contributed by atoms with Gasteiger partial charge in [-0.3, -0.25) is 14.2 Å². The molecule has 0 aliphatic rings. The first-order valence-electron chi connectivity index (χ1n) is 8.01. The molecular weight excluding hydrogens is 336 g/mol. The lowest BCUT2D eigenvalue weighted by Gasteiger charge is -2.12. The van der Waals surface area contributed by atoms with Crippen LogP contribution in [0.1, 0.15) is 26.7 Å². The number of nitrogens with two attached hydrogens (primary N) is 1. The maximum Gasteiger partial charge on any atom is 0.262 e. The molecule has 1 aromatic carbocycles. The number of rotatable bonds is 7. The number of aromatic nitrogens is 2. The van der Waals surface area contributed by atoms with E-state index in [9.17, 15) is 9.59 Å². The minimum Gasteiger partial charge on any atom is -0.401 e. The van der Waals surface area contributed by atoms with Gasteiger partial charge in [-0.05, 0) is 25.5 Å². The smallest absolute Gasteiger partial charge is 0.262 e. The summed E-state index contributed by atoms with van der Waals surface area (Å²) < 4.78 is 1.61. The standard InChI is InChI=1S/C18H20N4O2S/c1-3-4-9-22-17(24)13-7-5-6-8-15(13)21-18(22)25-11-16(23)14(10-19)12(2)20/h5-8H,3-4,9,11,20H2,1-2H3. The van der Waals surface area contributed by atoms with Gasteiger partial charge >= 0.3 is 0 Å². The number of hydrogen-bond donors (Lipinski definition) is 1. The van der Waals surface area contributed by atoms with E-state index in [1.54, 1.807) is 22.8 Å². The fourth-order valence-corrected chi connectivity index (χ4v) is 3.24. The van der Waals surface area contributed by atoms with Gasteiger partial charge in [0.2, 0.25) is 0 Å². The van der Waals surface area contributed by atoms with Crippen LogP contribution in [-0.2, 0) is 11.3 Å². The van der Waals surface area contributed by atoms with Gasteiger partial charge in [0.25, 0.3) is 5.56 Å². The number of carbonyl (C=O) groups is 1. The second kappa shape index (κ2) is 8.49. The summed E-state index contributed by atoms with van der Waals surface area (Å²) in [5.74, 6) is -0.356. The van der Waals surface area contributed by atoms with Gasteiger partial charge in [0, 0.05) is 12.2 Å². The van der Waals surface area contributed by atoms with Gasteiger partial charge in [0.05, 0.1) is 16.7 Å². The van der Waals surface area contributed by atoms with Crippen LogP contribution in [-0.4, -0.2) is 21.1 Å². The number of ketones is 1. The number of carbonyl (C=O) groups excluding carboxylic acids is 1. The van der Waals surface area contributed by atoms with E-state index < -0.39 is 0 Å². The van der Waals surface area contributed by atoms with E-state index in [1.807, 2.05) is 19.1 Å². The molecule has 130 valence electrons. The van der Waals surface area contributed by atoms with E-state index in [4.69, 9.17) is 11.0 Å². The molecule has 25 heavy (non-hydrogen) atoms. The van der Waals surface area contributed by atoms with Crippen molar-refractivity contribution in [1.29, 1.82) is 5.26 Å². The van der Waals surface area contributed by atoms with Gasteiger partial charge in [-0.15, -0.1) is 0 Å². The summed E-state index contributed by atoms with van der Waals surface area (Å²) in [7, 11) is 0. The minimum atomic E-state index is -0.364. The third-order valence-electron chi connectivity index (χ3n) is 3.68. The highest BCUT2D eigenvalue weighted by molar-refractivity contribution is 7.99. The van der Waals surface area contributed by atoms with E-state index in [2.05, 4.69) is 4.98 Å². The van der Waals surface area contributed by atoms with Crippen molar-refractivity contribution in [2.75, 3.05) is 5.75 Å². The molecule has 0 atom stereocenters. The summed E-state index contributed by atoms with van der Waals surface area (Å²) >= 11 is 1.16. The molecule has 0 fully saturated rings. The Bertz CT molecular complexity index is 921. The normalized spacial score (nSPS) is 11.9. The zero-order valence-corrected chi connectivity index (χ0v) is 15.1. The first-order chi connectivity index (χ1) is 12.0. The summed E-state index contributed by atoms with van der Waals surface area (Å²) in [6.45, 7) is 4.11. The van der Waals surface area contributed by atoms with Crippen molar-refractivity contribution in [3.63, 3.8) is 0 Å². The van der Waals surface area contributed by atoms with Crippen molar-refractivity contribution in [3.05, 3.63) is 45.9 Å². The third-order valence-corrected chi connectivity index (χ3v) is 4.66. The lowest BCUT2D eigenvalue weighted by atomic mass is 10.2. The van der Waals surface area contributed by atoms with Gasteiger partial charge in [-0.25, -0.2) is 4.98 Å². The number of benzene rings is 1. The second-order valence-electron chi connectivity index (χ2n) is 5.60. The maximum absolute atomic E-state index is 12.7. The summed E-state index contributed by atoms with van der Waals surface area (Å²) in [5.41, 5.74) is 6.21. The van der Waals surface area contributed by atoms with Crippen molar-refractivity contribution in [2.24, 2.45) is 5.73 Å². The molecule has 0 saturated heterocycles. The summed E-state index contributed by atoms with van der Waals surface area (Å²) in [6, 6.07) is 8.98. The summed E-state index contributed by atoms with van der Waals surface area (Å²) in [6.07, 6.45) is 1.78. The van der Waals surface area contributed by atoms with E-state index >= 15 is 0 Å². The Balaban J connectivity index is 2.39. The van der Waals surface area contributed by atoms with Gasteiger partial charge in [0.15, 0.2) is 10.9 Å². The first-order valence-corrected chi connectivity index (χ1v) is 9.00. The number of nitriles is 1. The molecule has 2 N–H and O–H groups in total. The van der Waals surface area contributed by atoms with Gasteiger partial charge in [-0.2, -0.15) is 5.26 Å². The van der Waals surface area contributed by atoms with Crippen LogP contribution in [0.4, 0.5) is 0 Å². The van der Waals surface area contributed by atoms with E-state index in [1.165, 1.54) is 6.92 Å². The van der Waals surface area contributed by atoms with Crippen LogP contribution in [0, 0.1) is 11.3 Å². The predicted octanol–water partition coefficient (Wildman–Crippen LogP) is 2.61. The minimum absolute atomic E-state index is 0.00827. The zero-order chi connectivity index (χ0) is 18.4. The molecule has 0 unspecified atom stereocenters. The molecule has 6 nitrogen and oxygen atoms in total.